The van der Waals surface area contributed by atoms with E-state index in [1.807, 2.05) is 46.8 Å². The largest absolute Gasteiger partial charge is 0.382 e. The van der Waals surface area contributed by atoms with Gasteiger partial charge in [-0.15, -0.1) is 23.2 Å². The number of alkyl halides is 2. The second kappa shape index (κ2) is 36.7. The van der Waals surface area contributed by atoms with Crippen LogP contribution in [0.4, 0.5) is 0 Å². The topological polar surface area (TPSA) is 289 Å². The van der Waals surface area contributed by atoms with Crippen molar-refractivity contribution < 1.29 is 67.0 Å². The van der Waals surface area contributed by atoms with Gasteiger partial charge in [0, 0.05) is 87.4 Å². The molecule has 2 saturated heterocycles. The standard InChI is InChI=1S/C76H122Cl2N12O14/c1-15-47(4)64-72(100)89(51-31-32-51)42-63(93)84(10)56-28-20-17-23-35-88(71(56)99)59(37-48-24-18-16-19-25-48)70(98)83(9)41-61(91)79-55(34-30-49-29-33-53(77)54(78)36-49)68(96)90-40-52(104-46(2)3)38-57(90)67(95)81-76(44-75(5,6)45-76)74(102)87(13)65(50-26-21-22-27-50)73(101)86(12)58(69(97)82(7)8)39-62(92)85(11)60(43-103-14)66(94)80-64/h17,20,46-60,64-65H,15-16,18-19,21-45H2,1-14H3,(H,79,91)(H,80,94)(H,81,95)/b20-17-/t47-,49?,52+,53?,54?,55-,56-,57-,58-,59-,60-,64-,65-/m0/s1. The zero-order valence-corrected chi connectivity index (χ0v) is 66.0. The summed E-state index contributed by atoms with van der Waals surface area (Å²) in [6.07, 6.45) is 14.6. The molecule has 13 atom stereocenters. The maximum absolute atomic E-state index is 15.8. The highest BCUT2D eigenvalue weighted by Gasteiger charge is 2.59. The molecular formula is C76H122Cl2N12O14. The SMILES string of the molecule is CC[C@H](C)[C@@H]1NC(=O)[C@H](COC)N(C)C(=O)C[C@@H](C(=O)N(C)C)N(C)C(=O)[C@H](C2CCCC2)N(C)C(=O)C2(CC(C)(C)C2)NC(=O)[C@@H]2C[C@@H](OC(C)C)CN2C(=O)[C@H](CCC2CCC(Cl)C(Cl)C2)NC(=O)CN(C)C(=O)[C@H](CC2CCCCC2)N2CC/C=C\C[C@@H](C2=O)N(C)C(=O)CN(C2CC2)C1=O. The summed E-state index contributed by atoms with van der Waals surface area (Å²) < 4.78 is 12.0. The van der Waals surface area contributed by atoms with Crippen molar-refractivity contribution in [1.29, 1.82) is 0 Å². The molecule has 0 aromatic carbocycles. The molecular weight excluding hydrogens is 1380 g/mol. The number of rotatable bonds is 14. The minimum absolute atomic E-state index is 0.0374. The molecule has 28 heteroatoms. The second-order valence-corrected chi connectivity index (χ2v) is 34.0. The summed E-state index contributed by atoms with van der Waals surface area (Å²) in [6.45, 7) is 10.1. The van der Waals surface area contributed by atoms with Gasteiger partial charge in [-0.05, 0) is 133 Å². The molecule has 3 aliphatic heterocycles. The first kappa shape index (κ1) is 83.5. The van der Waals surface area contributed by atoms with Crippen LogP contribution in [-0.2, 0) is 67.0 Å². The number of fused-ring (bicyclic) bond motifs is 3. The van der Waals surface area contributed by atoms with E-state index in [1.165, 1.54) is 90.7 Å². The van der Waals surface area contributed by atoms with Gasteiger partial charge in [0.2, 0.25) is 70.9 Å². The Kier molecular flexibility index (Phi) is 29.4. The first-order valence-corrected chi connectivity index (χ1v) is 39.4. The Morgan fingerprint density at radius 2 is 1.32 bits per heavy atom. The van der Waals surface area contributed by atoms with Gasteiger partial charge in [0.1, 0.15) is 60.4 Å². The Hall–Kier alpha value is -6.12. The average molecular weight is 1500 g/mol. The van der Waals surface area contributed by atoms with Gasteiger partial charge in [0.15, 0.2) is 0 Å². The zero-order chi connectivity index (χ0) is 76.4. The molecule has 584 valence electrons. The normalized spacial score (nSPS) is 31.7. The van der Waals surface area contributed by atoms with Crippen LogP contribution in [0, 0.1) is 29.1 Å². The number of nitrogens with one attached hydrogen (secondary N) is 3. The molecule has 7 fully saturated rings. The van der Waals surface area contributed by atoms with Crippen LogP contribution < -0.4 is 16.0 Å². The lowest BCUT2D eigenvalue weighted by Crippen LogP contribution is -2.71. The summed E-state index contributed by atoms with van der Waals surface area (Å²) in [5, 5.41) is 8.54. The third kappa shape index (κ3) is 20.4. The maximum Gasteiger partial charge on any atom is 0.248 e. The number of hydrogen-bond donors (Lipinski definition) is 3. The molecule has 0 aromatic heterocycles. The second-order valence-electron chi connectivity index (χ2n) is 32.9. The maximum atomic E-state index is 15.8. The van der Waals surface area contributed by atoms with Crippen molar-refractivity contribution in [3.63, 3.8) is 0 Å². The Bertz CT molecular complexity index is 3110. The molecule has 1 spiro atoms. The minimum atomic E-state index is -1.59. The lowest BCUT2D eigenvalue weighted by molar-refractivity contribution is -0.161. The number of hydrogen-bond acceptors (Lipinski definition) is 14. The smallest absolute Gasteiger partial charge is 0.248 e. The summed E-state index contributed by atoms with van der Waals surface area (Å²) in [7, 11) is 11.7. The fourth-order valence-electron chi connectivity index (χ4n) is 17.5. The first-order valence-electron chi connectivity index (χ1n) is 38.5. The highest BCUT2D eigenvalue weighted by Crippen LogP contribution is 2.50. The van der Waals surface area contributed by atoms with E-state index < -0.39 is 168 Å². The van der Waals surface area contributed by atoms with Crippen LogP contribution in [0.15, 0.2) is 12.2 Å². The quantitative estimate of drug-likeness (QED) is 0.144. The van der Waals surface area contributed by atoms with E-state index in [1.54, 1.807) is 11.8 Å². The van der Waals surface area contributed by atoms with Crippen LogP contribution in [0.3, 0.4) is 0 Å². The molecule has 3 heterocycles. The van der Waals surface area contributed by atoms with E-state index in [0.717, 1.165) is 56.3 Å². The van der Waals surface area contributed by atoms with Crippen molar-refractivity contribution in [2.45, 2.75) is 279 Å². The van der Waals surface area contributed by atoms with E-state index >= 15 is 33.6 Å². The predicted octanol–water partition coefficient (Wildman–Crippen LogP) is 5.47. The van der Waals surface area contributed by atoms with Gasteiger partial charge >= 0.3 is 0 Å². The molecule has 3 unspecified atom stereocenters. The highest BCUT2D eigenvalue weighted by molar-refractivity contribution is 6.30. The van der Waals surface area contributed by atoms with Crippen molar-refractivity contribution in [1.82, 2.24) is 60.0 Å². The van der Waals surface area contributed by atoms with Crippen molar-refractivity contribution in [2.24, 2.45) is 29.1 Å². The average Bonchev–Trinajstić information content (AvgIpc) is 0.765. The Labute approximate surface area is 627 Å². The van der Waals surface area contributed by atoms with E-state index in [-0.39, 0.29) is 86.5 Å². The summed E-state index contributed by atoms with van der Waals surface area (Å²) in [5.41, 5.74) is -2.06. The summed E-state index contributed by atoms with van der Waals surface area (Å²) in [6, 6.07) is -10.2. The van der Waals surface area contributed by atoms with Gasteiger partial charge in [-0.3, -0.25) is 57.5 Å². The van der Waals surface area contributed by atoms with Gasteiger partial charge in [0.05, 0.1) is 37.2 Å². The number of ether oxygens (including phenoxy) is 2. The third-order valence-corrected chi connectivity index (χ3v) is 24.9. The van der Waals surface area contributed by atoms with E-state index in [0.29, 0.717) is 64.2 Å². The minimum Gasteiger partial charge on any atom is -0.382 e. The Morgan fingerprint density at radius 3 is 1.92 bits per heavy atom. The molecule has 8 rings (SSSR count). The zero-order valence-electron chi connectivity index (χ0n) is 64.5. The molecule has 3 N–H and O–H groups in total. The monoisotopic (exact) mass is 1500 g/mol. The van der Waals surface area contributed by atoms with Crippen molar-refractivity contribution in [3.05, 3.63) is 12.2 Å². The van der Waals surface area contributed by atoms with Crippen LogP contribution in [0.1, 0.15) is 196 Å². The van der Waals surface area contributed by atoms with Crippen LogP contribution >= 0.6 is 23.2 Å². The lowest BCUT2D eigenvalue weighted by atomic mass is 9.58. The molecule has 8 aliphatic rings. The van der Waals surface area contributed by atoms with Gasteiger partial charge in [-0.25, -0.2) is 0 Å². The number of carbonyl (C=O) groups excluding carboxylic acids is 12. The number of halogens is 2. The fraction of sp³-hybridized carbons (Fsp3) is 0.816. The Morgan fingerprint density at radius 1 is 0.654 bits per heavy atom. The summed E-state index contributed by atoms with van der Waals surface area (Å²) in [4.78, 5) is 195. The van der Waals surface area contributed by atoms with Crippen LogP contribution in [-0.4, -0.2) is 287 Å². The van der Waals surface area contributed by atoms with Gasteiger partial charge in [-0.2, -0.15) is 0 Å². The highest BCUT2D eigenvalue weighted by atomic mass is 35.5. The molecule has 26 nitrogen and oxygen atoms in total. The lowest BCUT2D eigenvalue weighted by Gasteiger charge is -2.54. The number of nitrogens with zero attached hydrogens (tertiary/aromatic N) is 9. The van der Waals surface area contributed by atoms with Crippen LogP contribution in [0.5, 0.6) is 0 Å². The third-order valence-electron chi connectivity index (χ3n) is 23.7. The molecule has 104 heavy (non-hydrogen) atoms. The molecule has 0 aromatic rings. The Balaban J connectivity index is 1.21. The number of amides is 12. The number of carbonyl (C=O) groups is 12. The molecule has 2 bridgehead atoms. The van der Waals surface area contributed by atoms with E-state index in [9.17, 15) is 24.0 Å². The van der Waals surface area contributed by atoms with Crippen molar-refractivity contribution in [2.75, 3.05) is 89.2 Å². The summed E-state index contributed by atoms with van der Waals surface area (Å²) >= 11 is 13.4. The summed E-state index contributed by atoms with van der Waals surface area (Å²) in [5.74, 6) is -7.99. The number of methoxy groups -OCH3 is 1. The van der Waals surface area contributed by atoms with E-state index in [2.05, 4.69) is 16.0 Å². The first-order chi connectivity index (χ1) is 49.1. The van der Waals surface area contributed by atoms with Crippen LogP contribution in [0.25, 0.3) is 0 Å². The predicted molar refractivity (Wildman–Crippen MR) is 394 cm³/mol. The van der Waals surface area contributed by atoms with Crippen molar-refractivity contribution in [3.8, 4) is 0 Å². The molecule has 0 radical (unpaired) electrons. The fourth-order valence-corrected chi connectivity index (χ4v) is 18.1. The van der Waals surface area contributed by atoms with Gasteiger partial charge in [0.25, 0.3) is 0 Å². The van der Waals surface area contributed by atoms with Gasteiger partial charge in [-0.1, -0.05) is 91.2 Å². The van der Waals surface area contributed by atoms with E-state index in [4.69, 9.17) is 32.7 Å². The van der Waals surface area contributed by atoms with Crippen molar-refractivity contribution >= 4 is 94.1 Å². The van der Waals surface area contributed by atoms with Gasteiger partial charge < -0.3 is 69.5 Å². The number of likely N-dealkylation sites (N-methyl/N-ethyl adjacent to an activating group) is 6. The molecule has 5 aliphatic carbocycles. The molecule has 12 amide bonds. The molecule has 5 saturated carbocycles. The van der Waals surface area contributed by atoms with Crippen LogP contribution in [0.2, 0.25) is 0 Å².